The molecule has 0 amide bonds. The Hall–Kier alpha value is -3.65. The Kier molecular flexibility index (Phi) is 5.99. The number of nitrogens with zero attached hydrogens (tertiary/aromatic N) is 4. The van der Waals surface area contributed by atoms with Crippen molar-refractivity contribution in [3.63, 3.8) is 0 Å². The van der Waals surface area contributed by atoms with Crippen molar-refractivity contribution in [1.82, 2.24) is 14.9 Å². The van der Waals surface area contributed by atoms with Gasteiger partial charge in [-0.1, -0.05) is 17.7 Å². The average molecular weight is 439 g/mol. The van der Waals surface area contributed by atoms with E-state index in [9.17, 15) is 0 Å². The van der Waals surface area contributed by atoms with Crippen LogP contribution < -0.4 is 25.4 Å². The topological polar surface area (TPSA) is 88.8 Å². The van der Waals surface area contributed by atoms with Crippen LogP contribution in [0.5, 0.6) is 17.4 Å². The van der Waals surface area contributed by atoms with E-state index in [1.54, 1.807) is 37.6 Å². The molecule has 0 bridgehead atoms. The van der Waals surface area contributed by atoms with E-state index in [1.165, 1.54) is 0 Å². The number of anilines is 4. The summed E-state index contributed by atoms with van der Waals surface area (Å²) in [7, 11) is 3.69. The van der Waals surface area contributed by atoms with Gasteiger partial charge in [0.15, 0.2) is 11.0 Å². The van der Waals surface area contributed by atoms with E-state index in [0.29, 0.717) is 23.0 Å². The molecule has 31 heavy (non-hydrogen) atoms. The van der Waals surface area contributed by atoms with Crippen LogP contribution in [0, 0.1) is 0 Å². The number of benzene rings is 2. The van der Waals surface area contributed by atoms with Crippen LogP contribution in [0.4, 0.5) is 22.9 Å². The number of ether oxygens (including phenoxy) is 2. The van der Waals surface area contributed by atoms with Crippen LogP contribution in [0.1, 0.15) is 0 Å². The molecule has 1 aromatic heterocycles. The van der Waals surface area contributed by atoms with Crippen LogP contribution >= 0.6 is 11.6 Å². The third-order valence-electron chi connectivity index (χ3n) is 4.75. The molecule has 4 rings (SSSR count). The zero-order valence-corrected chi connectivity index (χ0v) is 18.0. The fourth-order valence-corrected chi connectivity index (χ4v) is 3.28. The number of nitrogen functional groups attached to an aromatic ring is 1. The van der Waals surface area contributed by atoms with Crippen molar-refractivity contribution in [3.8, 4) is 17.4 Å². The van der Waals surface area contributed by atoms with E-state index in [4.69, 9.17) is 26.8 Å². The molecule has 0 aliphatic carbocycles. The van der Waals surface area contributed by atoms with Crippen LogP contribution in [-0.4, -0.2) is 42.1 Å². The SMILES string of the molecule is COc1cc(N2C=CN(C)CC2)ccc1Nc1cnc(Oc2cccc(N)c2)c(Cl)n1. The molecular formula is C22H23ClN6O2. The van der Waals surface area contributed by atoms with Crippen LogP contribution in [0.2, 0.25) is 5.15 Å². The standard InChI is InChI=1S/C22H23ClN6O2/c1-28-8-10-29(11-9-28)16-6-7-18(19(13-16)30-2)26-20-14-25-22(21(23)27-20)31-17-5-3-4-15(24)12-17/h3-8,10,12-14H,9,11,24H2,1-2H3,(H,26,27). The first-order valence-corrected chi connectivity index (χ1v) is 10.1. The molecule has 8 nitrogen and oxygen atoms in total. The first-order valence-electron chi connectivity index (χ1n) is 9.68. The third-order valence-corrected chi connectivity index (χ3v) is 4.99. The molecule has 0 atom stereocenters. The lowest BCUT2D eigenvalue weighted by Crippen LogP contribution is -2.32. The number of halogens is 1. The van der Waals surface area contributed by atoms with Crippen molar-refractivity contribution < 1.29 is 9.47 Å². The van der Waals surface area contributed by atoms with E-state index < -0.39 is 0 Å². The van der Waals surface area contributed by atoms with Gasteiger partial charge >= 0.3 is 0 Å². The molecule has 0 spiro atoms. The third kappa shape index (κ3) is 4.92. The van der Waals surface area contributed by atoms with Gasteiger partial charge in [0.25, 0.3) is 5.88 Å². The van der Waals surface area contributed by atoms with Crippen molar-refractivity contribution in [1.29, 1.82) is 0 Å². The molecule has 3 aromatic rings. The molecule has 1 aliphatic rings. The van der Waals surface area contributed by atoms with Crippen molar-refractivity contribution in [2.75, 3.05) is 43.2 Å². The lowest BCUT2D eigenvalue weighted by atomic mass is 10.2. The molecule has 2 aromatic carbocycles. The maximum atomic E-state index is 6.28. The summed E-state index contributed by atoms with van der Waals surface area (Å²) in [5, 5.41) is 3.33. The first kappa shape index (κ1) is 20.6. The smallest absolute Gasteiger partial charge is 0.257 e. The number of hydrogen-bond acceptors (Lipinski definition) is 8. The summed E-state index contributed by atoms with van der Waals surface area (Å²) in [6.45, 7) is 1.86. The van der Waals surface area contributed by atoms with Crippen LogP contribution in [0.3, 0.4) is 0 Å². The summed E-state index contributed by atoms with van der Waals surface area (Å²) >= 11 is 6.28. The number of methoxy groups -OCH3 is 1. The summed E-state index contributed by atoms with van der Waals surface area (Å²) in [6.07, 6.45) is 5.65. The summed E-state index contributed by atoms with van der Waals surface area (Å²) in [4.78, 5) is 12.9. The number of rotatable bonds is 6. The summed E-state index contributed by atoms with van der Waals surface area (Å²) < 4.78 is 11.3. The number of nitrogens with one attached hydrogen (secondary N) is 1. The molecular weight excluding hydrogens is 416 g/mol. The number of hydrogen-bond donors (Lipinski definition) is 2. The Morgan fingerprint density at radius 2 is 2.00 bits per heavy atom. The molecule has 160 valence electrons. The molecule has 3 N–H and O–H groups in total. The highest BCUT2D eigenvalue weighted by atomic mass is 35.5. The summed E-state index contributed by atoms with van der Waals surface area (Å²) in [5.74, 6) is 1.88. The van der Waals surface area contributed by atoms with E-state index >= 15 is 0 Å². The van der Waals surface area contributed by atoms with Crippen LogP contribution in [0.25, 0.3) is 0 Å². The molecule has 0 fully saturated rings. The number of nitrogens with two attached hydrogens (primary N) is 1. The normalized spacial score (nSPS) is 13.3. The molecule has 9 heteroatoms. The second-order valence-corrected chi connectivity index (χ2v) is 7.37. The largest absolute Gasteiger partial charge is 0.494 e. The minimum atomic E-state index is 0.130. The van der Waals surface area contributed by atoms with Crippen LogP contribution in [0.15, 0.2) is 61.1 Å². The predicted molar refractivity (Wildman–Crippen MR) is 123 cm³/mol. The molecule has 0 saturated carbocycles. The van der Waals surface area contributed by atoms with Gasteiger partial charge < -0.3 is 30.3 Å². The fraction of sp³-hybridized carbons (Fsp3) is 0.182. The van der Waals surface area contributed by atoms with Gasteiger partial charge in [0, 0.05) is 56.0 Å². The molecule has 1 aliphatic heterocycles. The number of aromatic nitrogens is 2. The zero-order valence-electron chi connectivity index (χ0n) is 17.2. The van der Waals surface area contributed by atoms with Gasteiger partial charge in [-0.05, 0) is 24.3 Å². The second-order valence-electron chi connectivity index (χ2n) is 7.01. The van der Waals surface area contributed by atoms with E-state index in [2.05, 4.69) is 38.3 Å². The van der Waals surface area contributed by atoms with E-state index in [0.717, 1.165) is 24.5 Å². The van der Waals surface area contributed by atoms with Gasteiger partial charge in [0.05, 0.1) is 19.0 Å². The van der Waals surface area contributed by atoms with Crippen molar-refractivity contribution in [2.45, 2.75) is 0 Å². The molecule has 0 unspecified atom stereocenters. The summed E-state index contributed by atoms with van der Waals surface area (Å²) in [5.41, 5.74) is 8.15. The van der Waals surface area contributed by atoms with Crippen molar-refractivity contribution in [2.24, 2.45) is 0 Å². The zero-order chi connectivity index (χ0) is 21.8. The van der Waals surface area contributed by atoms with Gasteiger partial charge in [-0.25, -0.2) is 9.97 Å². The highest BCUT2D eigenvalue weighted by Crippen LogP contribution is 2.33. The minimum absolute atomic E-state index is 0.130. The Morgan fingerprint density at radius 3 is 2.71 bits per heavy atom. The van der Waals surface area contributed by atoms with Gasteiger partial charge in [-0.3, -0.25) is 0 Å². The van der Waals surface area contributed by atoms with Gasteiger partial charge in [-0.2, -0.15) is 0 Å². The maximum absolute atomic E-state index is 6.28. The Balaban J connectivity index is 1.50. The average Bonchev–Trinajstić information content (AvgIpc) is 2.76. The molecule has 0 radical (unpaired) electrons. The Morgan fingerprint density at radius 1 is 1.13 bits per heavy atom. The van der Waals surface area contributed by atoms with Gasteiger partial charge in [0.2, 0.25) is 0 Å². The highest BCUT2D eigenvalue weighted by molar-refractivity contribution is 6.30. The first-order chi connectivity index (χ1) is 15.0. The van der Waals surface area contributed by atoms with E-state index in [-0.39, 0.29) is 11.0 Å². The minimum Gasteiger partial charge on any atom is -0.494 e. The van der Waals surface area contributed by atoms with Gasteiger partial charge in [-0.15, -0.1) is 0 Å². The second kappa shape index (κ2) is 9.01. The van der Waals surface area contributed by atoms with Crippen molar-refractivity contribution >= 4 is 34.5 Å². The lowest BCUT2D eigenvalue weighted by molar-refractivity contribution is 0.416. The van der Waals surface area contributed by atoms with Gasteiger partial charge in [0.1, 0.15) is 11.5 Å². The molecule has 0 saturated heterocycles. The van der Waals surface area contributed by atoms with Crippen LogP contribution in [-0.2, 0) is 0 Å². The fourth-order valence-electron chi connectivity index (χ4n) is 3.10. The summed E-state index contributed by atoms with van der Waals surface area (Å²) in [6, 6.07) is 12.9. The predicted octanol–water partition coefficient (Wildman–Crippen LogP) is 4.48. The van der Waals surface area contributed by atoms with Crippen molar-refractivity contribution in [3.05, 3.63) is 66.2 Å². The van der Waals surface area contributed by atoms with E-state index in [1.807, 2.05) is 24.4 Å². The maximum Gasteiger partial charge on any atom is 0.257 e. The monoisotopic (exact) mass is 438 g/mol. The quantitative estimate of drug-likeness (QED) is 0.544. The number of likely N-dealkylation sites (N-methyl/N-ethyl adjacent to an activating group) is 1. The lowest BCUT2D eigenvalue weighted by Gasteiger charge is -2.29. The Bertz CT molecular complexity index is 1110. The Labute approximate surface area is 185 Å². The molecule has 2 heterocycles. The highest BCUT2D eigenvalue weighted by Gasteiger charge is 2.14.